The first kappa shape index (κ1) is 17.5. The number of rotatable bonds is 6. The number of hydrogen-bond donors (Lipinski definition) is 0. The lowest BCUT2D eigenvalue weighted by Crippen LogP contribution is -2.09. The Labute approximate surface area is 144 Å². The summed E-state index contributed by atoms with van der Waals surface area (Å²) in [6.07, 6.45) is 0. The summed E-state index contributed by atoms with van der Waals surface area (Å²) in [6, 6.07) is 16.8. The molecule has 0 aromatic heterocycles. The summed E-state index contributed by atoms with van der Waals surface area (Å²) < 4.78 is 37.9. The molecule has 2 aromatic rings. The Morgan fingerprint density at radius 1 is 1.00 bits per heavy atom. The molecule has 1 aliphatic heterocycles. The third-order valence-corrected chi connectivity index (χ3v) is 7.98. The quantitative estimate of drug-likeness (QED) is 0.576. The molecule has 0 bridgehead atoms. The molecule has 1 heterocycles. The van der Waals surface area contributed by atoms with Crippen molar-refractivity contribution in [1.82, 2.24) is 4.31 Å². The van der Waals surface area contributed by atoms with E-state index in [1.54, 1.807) is 4.31 Å². The topological polar surface area (TPSA) is 55.6 Å². The van der Waals surface area contributed by atoms with E-state index in [1.807, 2.05) is 61.5 Å². The fraction of sp³-hybridized carbons (Fsp3) is 0.294. The highest BCUT2D eigenvalue weighted by atomic mass is 32.2. The van der Waals surface area contributed by atoms with E-state index in [9.17, 15) is 8.77 Å². The van der Waals surface area contributed by atoms with Crippen molar-refractivity contribution in [2.24, 2.45) is 0 Å². The van der Waals surface area contributed by atoms with Crippen LogP contribution in [-0.4, -0.2) is 28.5 Å². The van der Waals surface area contributed by atoms with Crippen LogP contribution in [0.15, 0.2) is 59.5 Å². The summed E-state index contributed by atoms with van der Waals surface area (Å²) in [5.74, 6) is -0.558. The lowest BCUT2D eigenvalue weighted by atomic mass is 10.2. The standard InChI is InChI=1S/C17H20NO4PS/c1-13-9-11-15(12-10-13)24(20)18-16(14-7-5-4-6-8-14)17(18)23(19,21-2)22-3/h4-12,16-17H,1-3H3/t16-,17+,18?,24?/m0/s1. The zero-order valence-electron chi connectivity index (χ0n) is 13.8. The summed E-state index contributed by atoms with van der Waals surface area (Å²) in [7, 11) is -2.09. The second kappa shape index (κ2) is 6.90. The Morgan fingerprint density at radius 2 is 1.58 bits per heavy atom. The van der Waals surface area contributed by atoms with Crippen LogP contribution in [-0.2, 0) is 24.6 Å². The lowest BCUT2D eigenvalue weighted by molar-refractivity contribution is 0.271. The molecule has 0 N–H and O–H groups in total. The van der Waals surface area contributed by atoms with Gasteiger partial charge in [0.2, 0.25) is 0 Å². The van der Waals surface area contributed by atoms with Gasteiger partial charge >= 0.3 is 7.60 Å². The molecule has 0 saturated carbocycles. The fourth-order valence-corrected chi connectivity index (χ4v) is 6.34. The molecule has 3 rings (SSSR count). The van der Waals surface area contributed by atoms with Crippen molar-refractivity contribution in [3.63, 3.8) is 0 Å². The molecular weight excluding hydrogens is 345 g/mol. The summed E-state index contributed by atoms with van der Waals surface area (Å²) in [4.78, 5) is 0.669. The van der Waals surface area contributed by atoms with Crippen molar-refractivity contribution in [2.75, 3.05) is 14.2 Å². The van der Waals surface area contributed by atoms with Crippen LogP contribution < -0.4 is 0 Å². The number of hydrogen-bond acceptors (Lipinski definition) is 4. The van der Waals surface area contributed by atoms with E-state index in [1.165, 1.54) is 14.2 Å². The van der Waals surface area contributed by atoms with Gasteiger partial charge in [0.1, 0.15) is 16.8 Å². The first-order valence-electron chi connectivity index (χ1n) is 7.55. The van der Waals surface area contributed by atoms with Gasteiger partial charge in [-0.15, -0.1) is 0 Å². The van der Waals surface area contributed by atoms with E-state index in [0.29, 0.717) is 4.90 Å². The van der Waals surface area contributed by atoms with E-state index in [0.717, 1.165) is 11.1 Å². The second-order valence-electron chi connectivity index (χ2n) is 5.60. The first-order valence-corrected chi connectivity index (χ1v) is 10.3. The molecule has 1 fully saturated rings. The maximum Gasteiger partial charge on any atom is 0.350 e. The van der Waals surface area contributed by atoms with Crippen LogP contribution in [0.3, 0.4) is 0 Å². The van der Waals surface area contributed by atoms with Crippen molar-refractivity contribution >= 4 is 18.6 Å². The highest BCUT2D eigenvalue weighted by Crippen LogP contribution is 2.68. The summed E-state index contributed by atoms with van der Waals surface area (Å²) in [5, 5.41) is 0. The highest BCUT2D eigenvalue weighted by molar-refractivity contribution is 7.83. The van der Waals surface area contributed by atoms with E-state index >= 15 is 0 Å². The smallest absolute Gasteiger partial charge is 0.311 e. The minimum Gasteiger partial charge on any atom is -0.311 e. The molecule has 7 heteroatoms. The van der Waals surface area contributed by atoms with Gasteiger partial charge in [-0.05, 0) is 24.6 Å². The predicted octanol–water partition coefficient (Wildman–Crippen LogP) is 3.89. The van der Waals surface area contributed by atoms with Crippen LogP contribution in [0.1, 0.15) is 17.2 Å². The molecule has 1 saturated heterocycles. The van der Waals surface area contributed by atoms with Crippen molar-refractivity contribution in [2.45, 2.75) is 23.6 Å². The Hall–Kier alpha value is -1.30. The van der Waals surface area contributed by atoms with Gasteiger partial charge in [-0.1, -0.05) is 48.0 Å². The van der Waals surface area contributed by atoms with Gasteiger partial charge in [-0.25, -0.2) is 4.21 Å². The Kier molecular flexibility index (Phi) is 5.04. The lowest BCUT2D eigenvalue weighted by Gasteiger charge is -2.13. The van der Waals surface area contributed by atoms with Gasteiger partial charge in [-0.3, -0.25) is 4.57 Å². The first-order chi connectivity index (χ1) is 11.5. The molecule has 128 valence electrons. The van der Waals surface area contributed by atoms with E-state index in [-0.39, 0.29) is 6.04 Å². The summed E-state index contributed by atoms with van der Waals surface area (Å²) in [5.41, 5.74) is 2.04. The maximum absolute atomic E-state index is 13.0. The SMILES string of the molecule is COP(=O)(OC)[C@@H]1[C@H](c2ccccc2)N1S(=O)c1ccc(C)cc1. The molecule has 0 spiro atoms. The summed E-state index contributed by atoms with van der Waals surface area (Å²) in [6.45, 7) is 1.98. The average molecular weight is 365 g/mol. The molecule has 0 aliphatic carbocycles. The predicted molar refractivity (Wildman–Crippen MR) is 94.0 cm³/mol. The van der Waals surface area contributed by atoms with Crippen LogP contribution in [0.25, 0.3) is 0 Å². The van der Waals surface area contributed by atoms with Gasteiger partial charge < -0.3 is 9.05 Å². The monoisotopic (exact) mass is 365 g/mol. The largest absolute Gasteiger partial charge is 0.350 e. The van der Waals surface area contributed by atoms with Crippen LogP contribution in [0.2, 0.25) is 0 Å². The number of aryl methyl sites for hydroxylation is 1. The molecule has 2 aromatic carbocycles. The van der Waals surface area contributed by atoms with Crippen molar-refractivity contribution in [3.8, 4) is 0 Å². The molecule has 2 unspecified atom stereocenters. The summed E-state index contributed by atoms with van der Waals surface area (Å²) >= 11 is 0. The Balaban J connectivity index is 1.96. The van der Waals surface area contributed by atoms with Gasteiger partial charge in [0, 0.05) is 14.2 Å². The van der Waals surface area contributed by atoms with Crippen molar-refractivity contribution < 1.29 is 17.8 Å². The van der Waals surface area contributed by atoms with Gasteiger partial charge in [-0.2, -0.15) is 4.31 Å². The van der Waals surface area contributed by atoms with Gasteiger partial charge in [0.25, 0.3) is 0 Å². The average Bonchev–Trinajstić information content (AvgIpc) is 3.38. The molecule has 5 nitrogen and oxygen atoms in total. The minimum absolute atomic E-state index is 0.265. The molecule has 1 aliphatic rings. The normalized spacial score (nSPS) is 24.5. The number of nitrogens with zero attached hydrogens (tertiary/aromatic N) is 1. The van der Waals surface area contributed by atoms with E-state index in [4.69, 9.17) is 9.05 Å². The zero-order valence-corrected chi connectivity index (χ0v) is 15.5. The van der Waals surface area contributed by atoms with Gasteiger partial charge in [0.15, 0.2) is 0 Å². The maximum atomic E-state index is 13.0. The van der Waals surface area contributed by atoms with Crippen LogP contribution in [0.4, 0.5) is 0 Å². The Bertz CT molecular complexity index is 773. The van der Waals surface area contributed by atoms with Crippen molar-refractivity contribution in [3.05, 3.63) is 65.7 Å². The molecule has 4 atom stereocenters. The van der Waals surface area contributed by atoms with Crippen LogP contribution >= 0.6 is 7.60 Å². The van der Waals surface area contributed by atoms with Crippen LogP contribution in [0.5, 0.6) is 0 Å². The molecule has 24 heavy (non-hydrogen) atoms. The minimum atomic E-state index is -3.37. The third kappa shape index (κ3) is 3.13. The molecule has 0 radical (unpaired) electrons. The zero-order chi connectivity index (χ0) is 17.3. The molecular formula is C17H20NO4PS. The number of benzene rings is 2. The highest BCUT2D eigenvalue weighted by Gasteiger charge is 2.63. The fourth-order valence-electron chi connectivity index (χ4n) is 2.75. The van der Waals surface area contributed by atoms with Crippen molar-refractivity contribution in [1.29, 1.82) is 0 Å². The van der Waals surface area contributed by atoms with E-state index < -0.39 is 24.4 Å². The second-order valence-corrected chi connectivity index (χ2v) is 9.33. The van der Waals surface area contributed by atoms with Gasteiger partial charge in [0.05, 0.1) is 10.9 Å². The van der Waals surface area contributed by atoms with E-state index in [2.05, 4.69) is 0 Å². The van der Waals surface area contributed by atoms with Crippen LogP contribution in [0, 0.1) is 6.92 Å². The molecule has 0 amide bonds. The third-order valence-electron chi connectivity index (χ3n) is 4.12. The Morgan fingerprint density at radius 3 is 2.12 bits per heavy atom.